The molecule has 0 aromatic heterocycles. The first kappa shape index (κ1) is 21.0. The molecule has 162 valence electrons. The van der Waals surface area contributed by atoms with Crippen molar-refractivity contribution in [3.63, 3.8) is 0 Å². The summed E-state index contributed by atoms with van der Waals surface area (Å²) in [4.78, 5) is 31.7. The second-order valence-corrected chi connectivity index (χ2v) is 10.3. The zero-order chi connectivity index (χ0) is 20.8. The van der Waals surface area contributed by atoms with Crippen LogP contribution >= 0.6 is 0 Å². The molecule has 0 aliphatic heterocycles. The van der Waals surface area contributed by atoms with E-state index >= 15 is 0 Å². The first-order valence-corrected chi connectivity index (χ1v) is 11.4. The Hall–Kier alpha value is -1.27. The van der Waals surface area contributed by atoms with Gasteiger partial charge in [0.05, 0.1) is 12.3 Å². The van der Waals surface area contributed by atoms with Gasteiger partial charge in [-0.25, -0.2) is 0 Å². The number of carbonyl (C=O) groups excluding carboxylic acids is 2. The number of aliphatic hydroxyl groups is 1. The van der Waals surface area contributed by atoms with Gasteiger partial charge in [-0.1, -0.05) is 19.0 Å². The summed E-state index contributed by atoms with van der Waals surface area (Å²) in [5.41, 5.74) is 0.704. The van der Waals surface area contributed by atoms with E-state index < -0.39 is 0 Å². The zero-order valence-electron chi connectivity index (χ0n) is 18.1. The van der Waals surface area contributed by atoms with Crippen molar-refractivity contribution in [1.82, 2.24) is 5.32 Å². The number of likely N-dealkylation sites (N-methyl/N-ethyl adjacent to an activating group) is 1. The molecule has 7 atom stereocenters. The van der Waals surface area contributed by atoms with Crippen molar-refractivity contribution in [2.24, 2.45) is 45.6 Å². The molecule has 2 unspecified atom stereocenters. The lowest BCUT2D eigenvalue weighted by molar-refractivity contribution is -0.166. The van der Waals surface area contributed by atoms with Gasteiger partial charge in [0.25, 0.3) is 0 Å². The Morgan fingerprint density at radius 1 is 1.14 bits per heavy atom. The van der Waals surface area contributed by atoms with Gasteiger partial charge in [-0.3, -0.25) is 9.59 Å². The Balaban J connectivity index is 1.61. The first-order chi connectivity index (χ1) is 13.9. The molecule has 0 spiro atoms. The van der Waals surface area contributed by atoms with Gasteiger partial charge in [0, 0.05) is 30.2 Å². The van der Waals surface area contributed by atoms with Crippen molar-refractivity contribution in [1.29, 1.82) is 0 Å². The molecule has 0 amide bonds. The summed E-state index contributed by atoms with van der Waals surface area (Å²) in [6, 6.07) is 0. The summed E-state index contributed by atoms with van der Waals surface area (Å²) in [6.07, 6.45) is 5.92. The summed E-state index contributed by atoms with van der Waals surface area (Å²) in [5, 5.41) is 17.6. The molecule has 4 rings (SSSR count). The van der Waals surface area contributed by atoms with E-state index in [4.69, 9.17) is 4.84 Å². The van der Waals surface area contributed by atoms with Gasteiger partial charge >= 0.3 is 0 Å². The van der Waals surface area contributed by atoms with E-state index in [0.717, 1.165) is 50.8 Å². The van der Waals surface area contributed by atoms with Gasteiger partial charge in [0.15, 0.2) is 0 Å². The molecule has 0 aromatic carbocycles. The fourth-order valence-electron chi connectivity index (χ4n) is 7.33. The molecule has 29 heavy (non-hydrogen) atoms. The largest absolute Gasteiger partial charge is 0.396 e. The lowest BCUT2D eigenvalue weighted by atomic mass is 9.43. The normalized spacial score (nSPS) is 45.7. The smallest absolute Gasteiger partial charge is 0.142 e. The van der Waals surface area contributed by atoms with E-state index in [9.17, 15) is 14.7 Å². The maximum Gasteiger partial charge on any atom is 0.142 e. The standard InChI is InChI=1S/C23H36N2O4/c1-22-8-6-14(25-29-11-10-24-3)12-18(22)15(13-26)21(28)20-16-4-5-19(27)23(16,2)9-7-17(20)22/h15-18,20,24,26H,4-13H2,1-3H3/t15?,16-,17+,18?,20-,22+,23-/m0/s1. The highest BCUT2D eigenvalue weighted by Gasteiger charge is 2.64. The minimum absolute atomic E-state index is 0.0168. The Labute approximate surface area is 173 Å². The predicted molar refractivity (Wildman–Crippen MR) is 110 cm³/mol. The molecular formula is C23H36N2O4. The number of ketones is 2. The van der Waals surface area contributed by atoms with Crippen LogP contribution in [0.25, 0.3) is 0 Å². The van der Waals surface area contributed by atoms with Gasteiger partial charge in [0.1, 0.15) is 18.2 Å². The van der Waals surface area contributed by atoms with Gasteiger partial charge < -0.3 is 15.3 Å². The van der Waals surface area contributed by atoms with Crippen molar-refractivity contribution in [3.05, 3.63) is 0 Å². The highest BCUT2D eigenvalue weighted by molar-refractivity contribution is 5.93. The van der Waals surface area contributed by atoms with Crippen LogP contribution in [0.4, 0.5) is 0 Å². The van der Waals surface area contributed by atoms with Crippen LogP contribution in [-0.4, -0.2) is 49.2 Å². The summed E-state index contributed by atoms with van der Waals surface area (Å²) < 4.78 is 0. The van der Waals surface area contributed by atoms with Gasteiger partial charge in [-0.15, -0.1) is 0 Å². The third-order valence-electron chi connectivity index (χ3n) is 9.09. The number of nitrogens with zero attached hydrogens (tertiary/aromatic N) is 1. The van der Waals surface area contributed by atoms with Crippen molar-refractivity contribution in [2.45, 2.75) is 58.8 Å². The highest BCUT2D eigenvalue weighted by atomic mass is 16.6. The molecule has 4 aliphatic carbocycles. The van der Waals surface area contributed by atoms with Crippen LogP contribution in [-0.2, 0) is 14.4 Å². The van der Waals surface area contributed by atoms with Crippen molar-refractivity contribution < 1.29 is 19.5 Å². The van der Waals surface area contributed by atoms with Gasteiger partial charge in [-0.05, 0) is 68.7 Å². The maximum absolute atomic E-state index is 13.6. The van der Waals surface area contributed by atoms with Crippen LogP contribution in [0.2, 0.25) is 0 Å². The Morgan fingerprint density at radius 3 is 2.66 bits per heavy atom. The first-order valence-electron chi connectivity index (χ1n) is 11.4. The number of nitrogens with one attached hydrogen (secondary N) is 1. The Kier molecular flexibility index (Phi) is 5.62. The molecule has 4 aliphatic rings. The number of hydrogen-bond acceptors (Lipinski definition) is 6. The van der Waals surface area contributed by atoms with Crippen LogP contribution in [0.3, 0.4) is 0 Å². The van der Waals surface area contributed by atoms with Crippen molar-refractivity contribution >= 4 is 17.3 Å². The average molecular weight is 405 g/mol. The van der Waals surface area contributed by atoms with Crippen LogP contribution in [0, 0.1) is 40.4 Å². The Bertz CT molecular complexity index is 707. The topological polar surface area (TPSA) is 88.0 Å². The Morgan fingerprint density at radius 2 is 1.93 bits per heavy atom. The molecule has 6 nitrogen and oxygen atoms in total. The minimum Gasteiger partial charge on any atom is -0.396 e. The summed E-state index contributed by atoms with van der Waals surface area (Å²) >= 11 is 0. The van der Waals surface area contributed by atoms with E-state index in [1.807, 2.05) is 7.05 Å². The SMILES string of the molecule is CNCCON=C1CC[C@@]2(C)C(C1)C(CO)C(=O)[C@@H]1[C@H]2CC[C@]2(C)C(=O)CC[C@@H]12. The number of aliphatic hydroxyl groups excluding tert-OH is 1. The third kappa shape index (κ3) is 3.18. The summed E-state index contributed by atoms with van der Waals surface area (Å²) in [5.74, 6) is 0.738. The van der Waals surface area contributed by atoms with E-state index in [-0.39, 0.29) is 46.9 Å². The number of Topliss-reactive ketones (excluding diaryl/α,β-unsaturated/α-hetero) is 2. The van der Waals surface area contributed by atoms with Crippen molar-refractivity contribution in [2.75, 3.05) is 26.8 Å². The summed E-state index contributed by atoms with van der Waals surface area (Å²) in [6.45, 7) is 5.60. The molecule has 0 aromatic rings. The van der Waals surface area contributed by atoms with Gasteiger partial charge in [-0.2, -0.15) is 0 Å². The monoisotopic (exact) mass is 404 g/mol. The van der Waals surface area contributed by atoms with Crippen LogP contribution in [0.5, 0.6) is 0 Å². The molecule has 0 radical (unpaired) electrons. The van der Waals surface area contributed by atoms with E-state index in [0.29, 0.717) is 24.7 Å². The number of oxime groups is 1. The highest BCUT2D eigenvalue weighted by Crippen LogP contribution is 2.65. The van der Waals surface area contributed by atoms with E-state index in [1.165, 1.54) is 0 Å². The number of carbonyl (C=O) groups is 2. The van der Waals surface area contributed by atoms with Crippen molar-refractivity contribution in [3.8, 4) is 0 Å². The number of hydrogen-bond donors (Lipinski definition) is 2. The van der Waals surface area contributed by atoms with Crippen LogP contribution < -0.4 is 5.32 Å². The van der Waals surface area contributed by atoms with E-state index in [1.54, 1.807) is 0 Å². The third-order valence-corrected chi connectivity index (χ3v) is 9.09. The summed E-state index contributed by atoms with van der Waals surface area (Å²) in [7, 11) is 1.88. The predicted octanol–water partition coefficient (Wildman–Crippen LogP) is 2.59. The molecule has 0 heterocycles. The lowest BCUT2D eigenvalue weighted by Gasteiger charge is -2.60. The molecular weight excluding hydrogens is 368 g/mol. The maximum atomic E-state index is 13.6. The molecule has 6 heteroatoms. The molecule has 0 saturated heterocycles. The van der Waals surface area contributed by atoms with Crippen LogP contribution in [0.1, 0.15) is 58.8 Å². The quantitative estimate of drug-likeness (QED) is 0.543. The lowest BCUT2D eigenvalue weighted by Crippen LogP contribution is -2.61. The van der Waals surface area contributed by atoms with Gasteiger partial charge in [0.2, 0.25) is 0 Å². The number of rotatable bonds is 5. The average Bonchev–Trinajstić information content (AvgIpc) is 3.01. The number of fused-ring (bicyclic) bond motifs is 5. The van der Waals surface area contributed by atoms with E-state index in [2.05, 4.69) is 24.3 Å². The molecule has 4 fully saturated rings. The molecule has 0 bridgehead atoms. The minimum atomic E-state index is -0.345. The zero-order valence-corrected chi connectivity index (χ0v) is 18.1. The second-order valence-electron chi connectivity index (χ2n) is 10.3. The molecule has 4 saturated carbocycles. The molecule has 2 N–H and O–H groups in total. The van der Waals surface area contributed by atoms with Crippen LogP contribution in [0.15, 0.2) is 5.16 Å². The fourth-order valence-corrected chi connectivity index (χ4v) is 7.33. The fraction of sp³-hybridized carbons (Fsp3) is 0.870. The second kappa shape index (κ2) is 7.77.